The molecule has 0 aliphatic rings. The molecule has 76 valence electrons. The largest absolute Gasteiger partial charge is 0.288 e. The van der Waals surface area contributed by atoms with Crippen molar-refractivity contribution in [1.29, 1.82) is 0 Å². The van der Waals surface area contributed by atoms with Crippen LogP contribution in [0.15, 0.2) is 24.4 Å². The van der Waals surface area contributed by atoms with E-state index in [9.17, 15) is 4.79 Å². The van der Waals surface area contributed by atoms with Crippen LogP contribution in [0.25, 0.3) is 0 Å². The molecule has 0 radical (unpaired) electrons. The van der Waals surface area contributed by atoms with Gasteiger partial charge >= 0.3 is 0 Å². The Bertz CT molecular complexity index is 499. The van der Waals surface area contributed by atoms with Gasteiger partial charge in [0.2, 0.25) is 5.78 Å². The molecule has 0 N–H and O–H groups in total. The van der Waals surface area contributed by atoms with E-state index in [1.165, 1.54) is 6.20 Å². The van der Waals surface area contributed by atoms with Gasteiger partial charge in [0.05, 0.1) is 16.2 Å². The fourth-order valence-electron chi connectivity index (χ4n) is 1.08. The fraction of sp³-hybridized carbons (Fsp3) is 0. The van der Waals surface area contributed by atoms with Crippen molar-refractivity contribution >= 4 is 40.5 Å². The molecule has 2 rings (SSSR count). The Labute approximate surface area is 99.8 Å². The van der Waals surface area contributed by atoms with Gasteiger partial charge < -0.3 is 0 Å². The maximum absolute atomic E-state index is 11.9. The summed E-state index contributed by atoms with van der Waals surface area (Å²) in [5.74, 6) is -0.211. The molecule has 2 aromatic rings. The topological polar surface area (TPSA) is 42.9 Å². The molecule has 0 amide bonds. The Kier molecular flexibility index (Phi) is 3.00. The molecule has 0 spiro atoms. The Balaban J connectivity index is 2.47. The van der Waals surface area contributed by atoms with Crippen LogP contribution in [0.3, 0.4) is 0 Å². The van der Waals surface area contributed by atoms with E-state index >= 15 is 0 Å². The molecular weight excluding hydrogens is 255 g/mol. The monoisotopic (exact) mass is 258 g/mol. The summed E-state index contributed by atoms with van der Waals surface area (Å²) in [6.45, 7) is 0. The van der Waals surface area contributed by atoms with Crippen LogP contribution in [0.4, 0.5) is 0 Å². The van der Waals surface area contributed by atoms with E-state index in [0.717, 1.165) is 11.5 Å². The second-order valence-electron chi connectivity index (χ2n) is 2.71. The van der Waals surface area contributed by atoms with E-state index in [1.807, 2.05) is 0 Å². The minimum Gasteiger partial charge on any atom is -0.288 e. The molecule has 1 aromatic carbocycles. The molecule has 0 saturated heterocycles. The third-order valence-corrected chi connectivity index (χ3v) is 3.26. The molecule has 0 unspecified atom stereocenters. The maximum atomic E-state index is 11.9. The van der Waals surface area contributed by atoms with Crippen LogP contribution in [0.5, 0.6) is 0 Å². The molecule has 0 atom stereocenters. The molecule has 0 fully saturated rings. The second-order valence-corrected chi connectivity index (χ2v) is 4.28. The highest BCUT2D eigenvalue weighted by Crippen LogP contribution is 2.27. The van der Waals surface area contributed by atoms with Gasteiger partial charge in [-0.1, -0.05) is 33.8 Å². The Morgan fingerprint density at radius 2 is 2.13 bits per heavy atom. The molecule has 0 saturated carbocycles. The minimum absolute atomic E-state index is 0.211. The van der Waals surface area contributed by atoms with Crippen molar-refractivity contribution in [1.82, 2.24) is 9.59 Å². The van der Waals surface area contributed by atoms with Crippen LogP contribution < -0.4 is 0 Å². The Morgan fingerprint density at radius 1 is 1.33 bits per heavy atom. The molecule has 15 heavy (non-hydrogen) atoms. The van der Waals surface area contributed by atoms with Crippen molar-refractivity contribution in [3.05, 3.63) is 44.9 Å². The van der Waals surface area contributed by atoms with E-state index in [4.69, 9.17) is 23.2 Å². The van der Waals surface area contributed by atoms with Crippen molar-refractivity contribution < 1.29 is 4.79 Å². The minimum atomic E-state index is -0.211. The number of aromatic nitrogens is 2. The van der Waals surface area contributed by atoms with Crippen LogP contribution in [0.2, 0.25) is 10.0 Å². The third kappa shape index (κ3) is 2.02. The van der Waals surface area contributed by atoms with E-state index in [2.05, 4.69) is 9.59 Å². The summed E-state index contributed by atoms with van der Waals surface area (Å²) < 4.78 is 3.62. The fourth-order valence-corrected chi connectivity index (χ4v) is 1.93. The van der Waals surface area contributed by atoms with Gasteiger partial charge in [-0.2, -0.15) is 0 Å². The summed E-state index contributed by atoms with van der Waals surface area (Å²) in [7, 11) is 0. The lowest BCUT2D eigenvalue weighted by Gasteiger charge is -2.01. The van der Waals surface area contributed by atoms with Crippen molar-refractivity contribution in [2.24, 2.45) is 0 Å². The van der Waals surface area contributed by atoms with E-state index in [-0.39, 0.29) is 10.8 Å². The lowest BCUT2D eigenvalue weighted by atomic mass is 10.1. The summed E-state index contributed by atoms with van der Waals surface area (Å²) in [5, 5.41) is 4.22. The highest BCUT2D eigenvalue weighted by atomic mass is 35.5. The van der Waals surface area contributed by atoms with Crippen LogP contribution >= 0.6 is 34.7 Å². The quantitative estimate of drug-likeness (QED) is 0.778. The van der Waals surface area contributed by atoms with Crippen molar-refractivity contribution in [2.45, 2.75) is 0 Å². The van der Waals surface area contributed by atoms with Crippen molar-refractivity contribution in [3.63, 3.8) is 0 Å². The summed E-state index contributed by atoms with van der Waals surface area (Å²) in [6, 6.07) is 4.93. The first-order valence-electron chi connectivity index (χ1n) is 3.96. The smallest absolute Gasteiger partial charge is 0.207 e. The van der Waals surface area contributed by atoms with Gasteiger partial charge in [-0.15, -0.1) is 5.10 Å². The lowest BCUT2D eigenvalue weighted by Crippen LogP contribution is -1.99. The van der Waals surface area contributed by atoms with E-state index in [0.29, 0.717) is 15.5 Å². The highest BCUT2D eigenvalue weighted by Gasteiger charge is 2.16. The van der Waals surface area contributed by atoms with Crippen molar-refractivity contribution in [3.8, 4) is 0 Å². The third-order valence-electron chi connectivity index (χ3n) is 1.78. The lowest BCUT2D eigenvalue weighted by molar-refractivity contribution is 0.104. The molecule has 3 nitrogen and oxygen atoms in total. The summed E-state index contributed by atoms with van der Waals surface area (Å²) in [4.78, 5) is 12.3. The second kappa shape index (κ2) is 4.26. The normalized spacial score (nSPS) is 10.3. The number of ketones is 1. The van der Waals surface area contributed by atoms with Crippen LogP contribution in [-0.4, -0.2) is 15.4 Å². The number of benzene rings is 1. The highest BCUT2D eigenvalue weighted by molar-refractivity contribution is 7.08. The van der Waals surface area contributed by atoms with Gasteiger partial charge in [0.15, 0.2) is 0 Å². The molecular formula is C9H4Cl2N2OS. The van der Waals surface area contributed by atoms with E-state index < -0.39 is 0 Å². The van der Waals surface area contributed by atoms with Gasteiger partial charge in [-0.05, 0) is 23.7 Å². The van der Waals surface area contributed by atoms with Crippen LogP contribution in [0.1, 0.15) is 15.2 Å². The molecule has 0 aliphatic heterocycles. The molecule has 0 aliphatic carbocycles. The Hall–Kier alpha value is -0.970. The molecule has 0 bridgehead atoms. The summed E-state index contributed by atoms with van der Waals surface area (Å²) in [5.41, 5.74) is 0.371. The number of carbonyl (C=O) groups is 1. The first-order valence-corrected chi connectivity index (χ1v) is 5.49. The predicted octanol–water partition coefficient (Wildman–Crippen LogP) is 3.08. The average molecular weight is 259 g/mol. The molecule has 6 heteroatoms. The average Bonchev–Trinajstić information content (AvgIpc) is 2.74. The summed E-state index contributed by atoms with van der Waals surface area (Å²) >= 11 is 12.8. The number of carbonyl (C=O) groups excluding carboxylic acids is 1. The number of halogens is 2. The number of nitrogens with zero attached hydrogens (tertiary/aromatic N) is 2. The zero-order valence-corrected chi connectivity index (χ0v) is 9.60. The zero-order valence-electron chi connectivity index (χ0n) is 7.28. The predicted molar refractivity (Wildman–Crippen MR) is 59.8 cm³/mol. The first kappa shape index (κ1) is 10.5. The maximum Gasteiger partial charge on any atom is 0.207 e. The van der Waals surface area contributed by atoms with Gasteiger partial charge in [0.1, 0.15) is 4.88 Å². The van der Waals surface area contributed by atoms with Crippen molar-refractivity contribution in [2.75, 3.05) is 0 Å². The Morgan fingerprint density at radius 3 is 2.80 bits per heavy atom. The van der Waals surface area contributed by atoms with E-state index in [1.54, 1.807) is 18.2 Å². The molecule has 1 heterocycles. The number of hydrogen-bond acceptors (Lipinski definition) is 4. The van der Waals surface area contributed by atoms with Gasteiger partial charge in [0, 0.05) is 5.56 Å². The van der Waals surface area contributed by atoms with Gasteiger partial charge in [-0.25, -0.2) is 0 Å². The standard InChI is InChI=1S/C9H4Cl2N2OS/c10-6-3-1-2-5(8(6)11)9(14)7-4-12-13-15-7/h1-4H. The summed E-state index contributed by atoms with van der Waals surface area (Å²) in [6.07, 6.45) is 1.41. The van der Waals surface area contributed by atoms with Crippen LogP contribution in [0, 0.1) is 0 Å². The first-order chi connectivity index (χ1) is 7.20. The number of hydrogen-bond donors (Lipinski definition) is 0. The SMILES string of the molecule is O=C(c1cnns1)c1cccc(Cl)c1Cl. The van der Waals surface area contributed by atoms with Crippen LogP contribution in [-0.2, 0) is 0 Å². The van der Waals surface area contributed by atoms with Gasteiger partial charge in [-0.3, -0.25) is 4.79 Å². The molecule has 1 aromatic heterocycles. The zero-order chi connectivity index (χ0) is 10.8. The number of rotatable bonds is 2. The van der Waals surface area contributed by atoms with Gasteiger partial charge in [0.25, 0.3) is 0 Å².